The van der Waals surface area contributed by atoms with E-state index >= 15 is 0 Å². The lowest BCUT2D eigenvalue weighted by Gasteiger charge is -2.09. The molecule has 1 aromatic heterocycles. The molecule has 0 aliphatic heterocycles. The number of hydrogen-bond acceptors (Lipinski definition) is 2. The van der Waals surface area contributed by atoms with Crippen LogP contribution in [0.4, 0.5) is 0 Å². The summed E-state index contributed by atoms with van der Waals surface area (Å²) in [6.07, 6.45) is 1.51. The van der Waals surface area contributed by atoms with Gasteiger partial charge in [-0.1, -0.05) is 11.6 Å². The van der Waals surface area contributed by atoms with Crippen molar-refractivity contribution < 1.29 is 4.79 Å². The normalized spacial score (nSPS) is 9.58. The molecule has 0 saturated heterocycles. The number of hydrogen-bond donors (Lipinski definition) is 0. The number of carbonyl (C=O) groups excluding carboxylic acids is 1. The fourth-order valence-corrected chi connectivity index (χ4v) is 0.968. The number of nitrogens with zero attached hydrogens (tertiary/aromatic N) is 2. The fraction of sp³-hybridized carbons (Fsp3) is 0.250. The van der Waals surface area contributed by atoms with Crippen LogP contribution in [0.3, 0.4) is 0 Å². The van der Waals surface area contributed by atoms with Gasteiger partial charge in [-0.05, 0) is 12.1 Å². The highest BCUT2D eigenvalue weighted by molar-refractivity contribution is 6.29. The van der Waals surface area contributed by atoms with Crippen molar-refractivity contribution in [3.63, 3.8) is 0 Å². The first-order chi connectivity index (χ1) is 5.61. The lowest BCUT2D eigenvalue weighted by atomic mass is 10.2. The second-order valence-electron chi connectivity index (χ2n) is 2.57. The van der Waals surface area contributed by atoms with Crippen LogP contribution in [0.15, 0.2) is 18.3 Å². The third-order valence-corrected chi connectivity index (χ3v) is 1.59. The third kappa shape index (κ3) is 1.95. The van der Waals surface area contributed by atoms with Crippen molar-refractivity contribution >= 4 is 17.5 Å². The number of amides is 1. The third-order valence-electron chi connectivity index (χ3n) is 1.38. The Morgan fingerprint density at radius 2 is 2.25 bits per heavy atom. The predicted molar refractivity (Wildman–Crippen MR) is 47.3 cm³/mol. The first-order valence-corrected chi connectivity index (χ1v) is 3.82. The van der Waals surface area contributed by atoms with Crippen LogP contribution in [0, 0.1) is 0 Å². The van der Waals surface area contributed by atoms with Gasteiger partial charge in [-0.3, -0.25) is 4.79 Å². The number of aromatic nitrogens is 1. The maximum atomic E-state index is 11.3. The van der Waals surface area contributed by atoms with Crippen molar-refractivity contribution in [2.24, 2.45) is 0 Å². The number of rotatable bonds is 1. The Hall–Kier alpha value is -1.09. The Labute approximate surface area is 76.0 Å². The minimum Gasteiger partial charge on any atom is -0.345 e. The molecule has 0 spiro atoms. The second-order valence-corrected chi connectivity index (χ2v) is 2.95. The van der Waals surface area contributed by atoms with E-state index in [4.69, 9.17) is 11.6 Å². The van der Waals surface area contributed by atoms with Crippen LogP contribution in [0.5, 0.6) is 0 Å². The molecule has 3 nitrogen and oxygen atoms in total. The Bertz CT molecular complexity index is 299. The molecule has 1 heterocycles. The molecular formula is C8H9ClN2O. The quantitative estimate of drug-likeness (QED) is 0.619. The molecule has 64 valence electrons. The van der Waals surface area contributed by atoms with Gasteiger partial charge in [0.15, 0.2) is 0 Å². The van der Waals surface area contributed by atoms with Gasteiger partial charge in [0, 0.05) is 25.9 Å². The Balaban J connectivity index is 2.96. The van der Waals surface area contributed by atoms with Gasteiger partial charge in [-0.15, -0.1) is 0 Å². The molecule has 0 aliphatic carbocycles. The molecule has 0 N–H and O–H groups in total. The van der Waals surface area contributed by atoms with Crippen molar-refractivity contribution in [1.29, 1.82) is 0 Å². The number of pyridine rings is 1. The van der Waals surface area contributed by atoms with E-state index in [1.807, 2.05) is 0 Å². The van der Waals surface area contributed by atoms with Crippen LogP contribution in [0.2, 0.25) is 5.15 Å². The van der Waals surface area contributed by atoms with E-state index in [0.29, 0.717) is 10.7 Å². The first kappa shape index (κ1) is 9.00. The Morgan fingerprint density at radius 1 is 1.58 bits per heavy atom. The molecule has 1 aromatic rings. The summed E-state index contributed by atoms with van der Waals surface area (Å²) in [6, 6.07) is 3.18. The van der Waals surface area contributed by atoms with Crippen LogP contribution in [0.25, 0.3) is 0 Å². The maximum Gasteiger partial charge on any atom is 0.253 e. The van der Waals surface area contributed by atoms with E-state index in [-0.39, 0.29) is 5.91 Å². The zero-order valence-corrected chi connectivity index (χ0v) is 7.67. The summed E-state index contributed by atoms with van der Waals surface area (Å²) >= 11 is 5.61. The Morgan fingerprint density at radius 3 is 2.75 bits per heavy atom. The molecular weight excluding hydrogens is 176 g/mol. The van der Waals surface area contributed by atoms with E-state index in [1.165, 1.54) is 11.1 Å². The summed E-state index contributed by atoms with van der Waals surface area (Å²) in [7, 11) is 3.38. The molecule has 1 amide bonds. The molecule has 0 saturated carbocycles. The largest absolute Gasteiger partial charge is 0.345 e. The number of carbonyl (C=O) groups is 1. The highest BCUT2D eigenvalue weighted by Gasteiger charge is 2.07. The van der Waals surface area contributed by atoms with Crippen molar-refractivity contribution in [2.45, 2.75) is 0 Å². The van der Waals surface area contributed by atoms with E-state index in [1.54, 1.807) is 26.2 Å². The van der Waals surface area contributed by atoms with E-state index in [0.717, 1.165) is 0 Å². The van der Waals surface area contributed by atoms with Gasteiger partial charge >= 0.3 is 0 Å². The molecule has 0 bridgehead atoms. The molecule has 12 heavy (non-hydrogen) atoms. The van der Waals surface area contributed by atoms with E-state index < -0.39 is 0 Å². The molecule has 0 radical (unpaired) electrons. The van der Waals surface area contributed by atoms with Crippen LogP contribution in [0.1, 0.15) is 10.4 Å². The Kier molecular flexibility index (Phi) is 2.65. The van der Waals surface area contributed by atoms with Gasteiger partial charge in [0.05, 0.1) is 0 Å². The SMILES string of the molecule is CN(C)C(=O)c1ccnc(Cl)c1. The minimum atomic E-state index is -0.0701. The van der Waals surface area contributed by atoms with Gasteiger partial charge in [0.1, 0.15) is 5.15 Å². The molecule has 0 fully saturated rings. The molecule has 0 aliphatic rings. The number of halogens is 1. The zero-order chi connectivity index (χ0) is 9.14. The molecule has 0 atom stereocenters. The highest BCUT2D eigenvalue weighted by Crippen LogP contribution is 2.08. The summed E-state index contributed by atoms with van der Waals surface area (Å²) in [5.74, 6) is -0.0701. The first-order valence-electron chi connectivity index (χ1n) is 3.44. The topological polar surface area (TPSA) is 33.2 Å². The smallest absolute Gasteiger partial charge is 0.253 e. The average Bonchev–Trinajstić information content (AvgIpc) is 2.03. The fourth-order valence-electron chi connectivity index (χ4n) is 0.794. The van der Waals surface area contributed by atoms with Crippen molar-refractivity contribution in [1.82, 2.24) is 9.88 Å². The summed E-state index contributed by atoms with van der Waals surface area (Å²) in [5.41, 5.74) is 0.556. The summed E-state index contributed by atoms with van der Waals surface area (Å²) < 4.78 is 0. The van der Waals surface area contributed by atoms with E-state index in [9.17, 15) is 4.79 Å². The minimum absolute atomic E-state index is 0.0701. The van der Waals surface area contributed by atoms with Crippen molar-refractivity contribution in [2.75, 3.05) is 14.1 Å². The molecule has 0 unspecified atom stereocenters. The van der Waals surface area contributed by atoms with Crippen LogP contribution < -0.4 is 0 Å². The van der Waals surface area contributed by atoms with Crippen molar-refractivity contribution in [3.8, 4) is 0 Å². The maximum absolute atomic E-state index is 11.3. The summed E-state index contributed by atoms with van der Waals surface area (Å²) in [4.78, 5) is 16.6. The highest BCUT2D eigenvalue weighted by atomic mass is 35.5. The monoisotopic (exact) mass is 184 g/mol. The molecule has 0 aromatic carbocycles. The predicted octanol–water partition coefficient (Wildman–Crippen LogP) is 1.44. The summed E-state index contributed by atoms with van der Waals surface area (Å²) in [6.45, 7) is 0. The standard InChI is InChI=1S/C8H9ClN2O/c1-11(2)8(12)6-3-4-10-7(9)5-6/h3-5H,1-2H3. The molecule has 4 heteroatoms. The second kappa shape index (κ2) is 3.54. The van der Waals surface area contributed by atoms with Crippen LogP contribution in [-0.4, -0.2) is 29.9 Å². The van der Waals surface area contributed by atoms with Gasteiger partial charge < -0.3 is 4.90 Å². The summed E-state index contributed by atoms with van der Waals surface area (Å²) in [5, 5.41) is 0.336. The van der Waals surface area contributed by atoms with Crippen molar-refractivity contribution in [3.05, 3.63) is 29.0 Å². The van der Waals surface area contributed by atoms with Crippen LogP contribution >= 0.6 is 11.6 Å². The average molecular weight is 185 g/mol. The van der Waals surface area contributed by atoms with Gasteiger partial charge in [0.25, 0.3) is 5.91 Å². The zero-order valence-electron chi connectivity index (χ0n) is 6.91. The lowest BCUT2D eigenvalue weighted by Crippen LogP contribution is -2.21. The van der Waals surface area contributed by atoms with Gasteiger partial charge in [-0.25, -0.2) is 4.98 Å². The van der Waals surface area contributed by atoms with E-state index in [2.05, 4.69) is 4.98 Å². The van der Waals surface area contributed by atoms with Gasteiger partial charge in [0.2, 0.25) is 0 Å². The molecule has 1 rings (SSSR count). The van der Waals surface area contributed by atoms with Crippen LogP contribution in [-0.2, 0) is 0 Å². The lowest BCUT2D eigenvalue weighted by molar-refractivity contribution is 0.0827. The van der Waals surface area contributed by atoms with Gasteiger partial charge in [-0.2, -0.15) is 0 Å².